The highest BCUT2D eigenvalue weighted by Gasteiger charge is 2.41. The maximum Gasteiger partial charge on any atom is 0.269 e. The fourth-order valence-electron chi connectivity index (χ4n) is 5.50. The van der Waals surface area contributed by atoms with Crippen molar-refractivity contribution in [3.05, 3.63) is 99.2 Å². The van der Waals surface area contributed by atoms with Gasteiger partial charge in [-0.05, 0) is 47.7 Å². The van der Waals surface area contributed by atoms with E-state index in [1.807, 2.05) is 36.4 Å². The molecule has 9 nitrogen and oxygen atoms in total. The Morgan fingerprint density at radius 1 is 1.00 bits per heavy atom. The molecule has 9 heteroatoms. The van der Waals surface area contributed by atoms with Crippen molar-refractivity contribution < 1.29 is 24.0 Å². The summed E-state index contributed by atoms with van der Waals surface area (Å²) >= 11 is 0. The Labute approximate surface area is 226 Å². The second kappa shape index (κ2) is 10.6. The van der Waals surface area contributed by atoms with Crippen LogP contribution in [0.2, 0.25) is 0 Å². The zero-order chi connectivity index (χ0) is 27.7. The topological polar surface area (TPSA) is 111 Å². The Kier molecular flexibility index (Phi) is 7.06. The van der Waals surface area contributed by atoms with Crippen LogP contribution >= 0.6 is 0 Å². The lowest BCUT2D eigenvalue weighted by molar-refractivity contribution is -0.384. The second-order valence-corrected chi connectivity index (χ2v) is 9.55. The highest BCUT2D eigenvalue weighted by molar-refractivity contribution is 6.06. The predicted octanol–water partition coefficient (Wildman–Crippen LogP) is 5.92. The van der Waals surface area contributed by atoms with Gasteiger partial charge in [0.2, 0.25) is 5.91 Å². The van der Waals surface area contributed by atoms with Crippen molar-refractivity contribution in [2.24, 2.45) is 0 Å². The average molecular weight is 528 g/mol. The lowest BCUT2D eigenvalue weighted by Gasteiger charge is -2.35. The molecule has 1 N–H and O–H groups in total. The molecule has 1 aliphatic carbocycles. The Bertz CT molecular complexity index is 1500. The minimum absolute atomic E-state index is 0.0122. The first-order valence-electron chi connectivity index (χ1n) is 12.8. The molecule has 0 radical (unpaired) electrons. The third kappa shape index (κ3) is 4.71. The van der Waals surface area contributed by atoms with Crippen LogP contribution in [0.3, 0.4) is 0 Å². The summed E-state index contributed by atoms with van der Waals surface area (Å²) in [5, 5.41) is 14.9. The summed E-state index contributed by atoms with van der Waals surface area (Å²) in [7, 11) is 3.09. The number of methoxy groups -OCH3 is 2. The number of anilines is 2. The third-order valence-corrected chi connectivity index (χ3v) is 7.34. The van der Waals surface area contributed by atoms with E-state index < -0.39 is 11.0 Å². The van der Waals surface area contributed by atoms with Crippen LogP contribution in [-0.2, 0) is 9.59 Å². The van der Waals surface area contributed by atoms with E-state index in [4.69, 9.17) is 9.47 Å². The number of nitrogens with zero attached hydrogens (tertiary/aromatic N) is 2. The number of non-ortho nitro benzene ring substituents is 1. The minimum Gasteiger partial charge on any atom is -0.493 e. The third-order valence-electron chi connectivity index (χ3n) is 7.34. The van der Waals surface area contributed by atoms with E-state index in [9.17, 15) is 19.7 Å². The highest BCUT2D eigenvalue weighted by atomic mass is 16.6. The molecule has 39 heavy (non-hydrogen) atoms. The van der Waals surface area contributed by atoms with Crippen molar-refractivity contribution in [1.29, 1.82) is 0 Å². The average Bonchev–Trinajstić information content (AvgIpc) is 3.11. The number of nitro groups is 1. The summed E-state index contributed by atoms with van der Waals surface area (Å²) in [6.45, 7) is 1.80. The van der Waals surface area contributed by atoms with Gasteiger partial charge in [-0.15, -0.1) is 0 Å². The van der Waals surface area contributed by atoms with Crippen LogP contribution in [-0.4, -0.2) is 30.8 Å². The molecule has 0 fully saturated rings. The molecule has 3 aromatic rings. The number of Topliss-reactive ketones (excluding diaryl/α,β-unsaturated/α-hetero) is 1. The normalized spacial score (nSPS) is 18.4. The number of ketones is 1. The van der Waals surface area contributed by atoms with Crippen molar-refractivity contribution in [2.45, 2.75) is 38.1 Å². The van der Waals surface area contributed by atoms with Crippen molar-refractivity contribution in [1.82, 2.24) is 0 Å². The van der Waals surface area contributed by atoms with Crippen molar-refractivity contribution >= 4 is 28.8 Å². The molecule has 3 aromatic carbocycles. The van der Waals surface area contributed by atoms with E-state index in [1.165, 1.54) is 12.1 Å². The van der Waals surface area contributed by atoms with Crippen LogP contribution in [0.1, 0.15) is 49.3 Å². The van der Waals surface area contributed by atoms with Gasteiger partial charge in [-0.3, -0.25) is 24.6 Å². The number of rotatable bonds is 6. The Hall–Kier alpha value is -4.66. The van der Waals surface area contributed by atoms with E-state index in [0.29, 0.717) is 46.1 Å². The fourth-order valence-corrected chi connectivity index (χ4v) is 5.50. The smallest absolute Gasteiger partial charge is 0.269 e. The van der Waals surface area contributed by atoms with Crippen LogP contribution in [0.15, 0.2) is 78.0 Å². The molecule has 5 rings (SSSR count). The number of carbonyl (C=O) groups is 2. The van der Waals surface area contributed by atoms with Gasteiger partial charge in [-0.2, -0.15) is 0 Å². The predicted molar refractivity (Wildman–Crippen MR) is 147 cm³/mol. The number of nitro benzene ring substituents is 1. The number of amides is 1. The quantitative estimate of drug-likeness (QED) is 0.313. The number of para-hydroxylation sites is 2. The van der Waals surface area contributed by atoms with Gasteiger partial charge in [0, 0.05) is 36.2 Å². The fraction of sp³-hybridized carbons (Fsp3) is 0.267. The first kappa shape index (κ1) is 26.0. The summed E-state index contributed by atoms with van der Waals surface area (Å²) < 4.78 is 11.0. The molecule has 0 bridgehead atoms. The zero-order valence-corrected chi connectivity index (χ0v) is 22.0. The van der Waals surface area contributed by atoms with Gasteiger partial charge in [-0.1, -0.05) is 37.3 Å². The lowest BCUT2D eigenvalue weighted by Crippen LogP contribution is -2.38. The van der Waals surface area contributed by atoms with E-state index in [2.05, 4.69) is 5.32 Å². The van der Waals surface area contributed by atoms with E-state index >= 15 is 0 Å². The first-order valence-corrected chi connectivity index (χ1v) is 12.8. The Morgan fingerprint density at radius 2 is 1.77 bits per heavy atom. The summed E-state index contributed by atoms with van der Waals surface area (Å²) in [4.78, 5) is 40.2. The van der Waals surface area contributed by atoms with Gasteiger partial charge in [0.15, 0.2) is 17.3 Å². The maximum atomic E-state index is 14.0. The molecule has 1 amide bonds. The van der Waals surface area contributed by atoms with Gasteiger partial charge in [0.25, 0.3) is 5.69 Å². The molecule has 200 valence electrons. The Balaban J connectivity index is 1.70. The maximum absolute atomic E-state index is 14.0. The number of hydrogen-bond donors (Lipinski definition) is 1. The first-order chi connectivity index (χ1) is 18.9. The standard InChI is InChI=1S/C30H29N3O6/c1-4-28(35)32-24-11-6-5-10-22(24)31-23-15-20(18-8-7-9-21(14-18)33(36)37)16-25(34)29(23)30(32)19-12-13-26(38-2)27(17-19)39-3/h5-14,17,20,30-31H,4,15-16H2,1-3H3. The number of allylic oxidation sites excluding steroid dienone is 1. The number of nitrogens with one attached hydrogen (secondary N) is 1. The lowest BCUT2D eigenvalue weighted by atomic mass is 9.78. The van der Waals surface area contributed by atoms with Crippen LogP contribution in [0.25, 0.3) is 0 Å². The molecule has 0 spiro atoms. The molecule has 0 saturated heterocycles. The van der Waals surface area contributed by atoms with Crippen LogP contribution in [0.5, 0.6) is 11.5 Å². The van der Waals surface area contributed by atoms with Gasteiger partial charge in [0.1, 0.15) is 0 Å². The minimum atomic E-state index is -0.707. The molecular formula is C30H29N3O6. The van der Waals surface area contributed by atoms with E-state index in [1.54, 1.807) is 44.2 Å². The molecule has 1 heterocycles. The number of ether oxygens (including phenoxy) is 2. The number of benzene rings is 3. The van der Waals surface area contributed by atoms with Gasteiger partial charge in [-0.25, -0.2) is 0 Å². The van der Waals surface area contributed by atoms with Gasteiger partial charge < -0.3 is 14.8 Å². The summed E-state index contributed by atoms with van der Waals surface area (Å²) in [5.74, 6) is 0.518. The highest BCUT2D eigenvalue weighted by Crippen LogP contribution is 2.48. The van der Waals surface area contributed by atoms with E-state index in [0.717, 1.165) is 5.56 Å². The second-order valence-electron chi connectivity index (χ2n) is 9.55. The SMILES string of the molecule is CCC(=O)N1c2ccccc2NC2=C(C(=O)CC(c3cccc([N+](=O)[O-])c3)C2)C1c1ccc(OC)c(OC)c1. The molecule has 2 aliphatic rings. The van der Waals surface area contributed by atoms with E-state index in [-0.39, 0.29) is 36.1 Å². The Morgan fingerprint density at radius 3 is 2.49 bits per heavy atom. The van der Waals surface area contributed by atoms with Crippen molar-refractivity contribution in [2.75, 3.05) is 24.4 Å². The van der Waals surface area contributed by atoms with Crippen molar-refractivity contribution in [3.63, 3.8) is 0 Å². The van der Waals surface area contributed by atoms with Crippen LogP contribution in [0, 0.1) is 10.1 Å². The van der Waals surface area contributed by atoms with Gasteiger partial charge in [0.05, 0.1) is 36.6 Å². The molecule has 2 unspecified atom stereocenters. The molecular weight excluding hydrogens is 498 g/mol. The van der Waals surface area contributed by atoms with Gasteiger partial charge >= 0.3 is 0 Å². The molecule has 2 atom stereocenters. The summed E-state index contributed by atoms with van der Waals surface area (Å²) in [6.07, 6.45) is 0.857. The molecule has 1 aliphatic heterocycles. The number of hydrogen-bond acceptors (Lipinski definition) is 7. The van der Waals surface area contributed by atoms with Crippen molar-refractivity contribution in [3.8, 4) is 11.5 Å². The molecule has 0 saturated carbocycles. The monoisotopic (exact) mass is 527 g/mol. The van der Waals surface area contributed by atoms with Crippen LogP contribution in [0.4, 0.5) is 17.1 Å². The summed E-state index contributed by atoms with van der Waals surface area (Å²) in [5.41, 5.74) is 4.00. The zero-order valence-electron chi connectivity index (χ0n) is 22.0. The molecule has 0 aromatic heterocycles. The largest absolute Gasteiger partial charge is 0.493 e. The van der Waals surface area contributed by atoms with Crippen LogP contribution < -0.4 is 19.7 Å². The summed E-state index contributed by atoms with van der Waals surface area (Å²) in [6, 6.07) is 18.6. The number of fused-ring (bicyclic) bond motifs is 1. The number of carbonyl (C=O) groups excluding carboxylic acids is 2.